The highest BCUT2D eigenvalue weighted by molar-refractivity contribution is 6.20. The zero-order valence-corrected chi connectivity index (χ0v) is 29.0. The normalized spacial score (nSPS) is 12.0. The van der Waals surface area contributed by atoms with Crippen LogP contribution in [-0.4, -0.2) is 19.9 Å². The van der Waals surface area contributed by atoms with Crippen LogP contribution in [0.2, 0.25) is 0 Å². The quantitative estimate of drug-likeness (QED) is 0.180. The fourth-order valence-corrected chi connectivity index (χ4v) is 7.89. The molecule has 12 rings (SSSR count). The minimum absolute atomic E-state index is 0.428. The van der Waals surface area contributed by atoms with Gasteiger partial charge in [0.05, 0.1) is 16.5 Å². The topological polar surface area (TPSA) is 91.0 Å². The maximum atomic E-state index is 6.86. The highest BCUT2D eigenvalue weighted by Gasteiger charge is 2.25. The molecule has 256 valence electrons. The Balaban J connectivity index is 1.15. The van der Waals surface area contributed by atoms with Crippen molar-refractivity contribution >= 4 is 76.5 Å². The Bertz CT molecular complexity index is 3420. The molecular weight excluding hydrogens is 681 g/mol. The largest absolute Gasteiger partial charge is 0.456 e. The molecule has 0 atom stereocenters. The van der Waals surface area contributed by atoms with E-state index in [-0.39, 0.29) is 0 Å². The van der Waals surface area contributed by atoms with Crippen LogP contribution >= 0.6 is 0 Å². The molecule has 0 saturated heterocycles. The number of aromatic nitrogens is 4. The minimum Gasteiger partial charge on any atom is -0.456 e. The van der Waals surface area contributed by atoms with E-state index in [1.165, 1.54) is 0 Å². The number of rotatable bonds is 4. The van der Waals surface area contributed by atoms with Crippen molar-refractivity contribution in [3.63, 3.8) is 0 Å². The van der Waals surface area contributed by atoms with Gasteiger partial charge in [-0.2, -0.15) is 0 Å². The van der Waals surface area contributed by atoms with E-state index in [0.717, 1.165) is 70.9 Å². The van der Waals surface area contributed by atoms with Crippen molar-refractivity contribution in [1.82, 2.24) is 19.9 Å². The molecule has 8 aromatic carbocycles. The van der Waals surface area contributed by atoms with E-state index in [9.17, 15) is 0 Å². The number of oxazole rings is 1. The predicted octanol–water partition coefficient (Wildman–Crippen LogP) is 12.8. The van der Waals surface area contributed by atoms with Gasteiger partial charge in [-0.1, -0.05) is 121 Å². The second-order valence-electron chi connectivity index (χ2n) is 13.8. The van der Waals surface area contributed by atoms with Gasteiger partial charge in [0.15, 0.2) is 23.1 Å². The summed E-state index contributed by atoms with van der Waals surface area (Å²) in [6.07, 6.45) is 0. The fraction of sp³-hybridized carbons (Fsp3) is 0. The van der Waals surface area contributed by atoms with E-state index < -0.39 is 0 Å². The Morgan fingerprint density at radius 1 is 0.345 bits per heavy atom. The van der Waals surface area contributed by atoms with Gasteiger partial charge in [0, 0.05) is 27.3 Å². The van der Waals surface area contributed by atoms with E-state index in [1.54, 1.807) is 0 Å². The van der Waals surface area contributed by atoms with Gasteiger partial charge < -0.3 is 13.3 Å². The Kier molecular flexibility index (Phi) is 6.21. The molecule has 0 bridgehead atoms. The molecule has 0 amide bonds. The van der Waals surface area contributed by atoms with Crippen molar-refractivity contribution in [2.45, 2.75) is 0 Å². The van der Waals surface area contributed by atoms with Crippen molar-refractivity contribution in [2.75, 3.05) is 0 Å². The number of benzene rings is 8. The molecule has 4 aromatic heterocycles. The molecule has 0 N–H and O–H groups in total. The second-order valence-corrected chi connectivity index (χ2v) is 13.8. The first-order chi connectivity index (χ1) is 27.2. The molecule has 0 spiro atoms. The summed E-state index contributed by atoms with van der Waals surface area (Å²) in [4.78, 5) is 20.6. The van der Waals surface area contributed by atoms with E-state index in [2.05, 4.69) is 72.8 Å². The number of hydrogen-bond donors (Lipinski definition) is 0. The Morgan fingerprint density at radius 2 is 0.927 bits per heavy atom. The Labute approximate surface area is 312 Å². The molecule has 7 heteroatoms. The standard InChI is InChI=1S/C48H26N4O3/c1-3-12-29-24-31(22-20-27(29)10-1)45-50-46(32-23-21-28-11-2-4-13-30(28)25-32)52-47(51-45)37-26-40-41(35-15-6-8-19-39(35)53-40)42-44(37)55-48(49-42)36-17-9-16-34-33-14-5-7-18-38(33)54-43(34)36/h1-26H. The molecule has 0 unspecified atom stereocenters. The van der Waals surface area contributed by atoms with Crippen LogP contribution in [0.5, 0.6) is 0 Å². The van der Waals surface area contributed by atoms with Gasteiger partial charge in [-0.15, -0.1) is 0 Å². The van der Waals surface area contributed by atoms with E-state index in [1.807, 2.05) is 84.9 Å². The third kappa shape index (κ3) is 4.63. The average molecular weight is 707 g/mol. The van der Waals surface area contributed by atoms with E-state index >= 15 is 0 Å². The van der Waals surface area contributed by atoms with Crippen molar-refractivity contribution < 1.29 is 13.3 Å². The third-order valence-electron chi connectivity index (χ3n) is 10.5. The lowest BCUT2D eigenvalue weighted by molar-refractivity contribution is 0.615. The van der Waals surface area contributed by atoms with Gasteiger partial charge in [0.1, 0.15) is 27.8 Å². The van der Waals surface area contributed by atoms with Crippen molar-refractivity contribution in [3.8, 4) is 45.6 Å². The SMILES string of the molecule is c1ccc2cc(-c3nc(-c4ccc5ccccc5c4)nc(-c4cc5oc6ccccc6c5c5nc(-c6cccc7c6oc6ccccc67)oc45)n3)ccc2c1. The van der Waals surface area contributed by atoms with Gasteiger partial charge in [0.25, 0.3) is 0 Å². The molecular formula is C48H26N4O3. The smallest absolute Gasteiger partial charge is 0.231 e. The number of nitrogens with zero attached hydrogens (tertiary/aromatic N) is 4. The molecule has 55 heavy (non-hydrogen) atoms. The molecule has 0 aliphatic heterocycles. The second kappa shape index (κ2) is 11.4. The molecule has 0 aliphatic rings. The summed E-state index contributed by atoms with van der Waals surface area (Å²) in [5, 5.41) is 8.31. The number of furan rings is 2. The minimum atomic E-state index is 0.428. The summed E-state index contributed by atoms with van der Waals surface area (Å²) in [6, 6.07) is 53.2. The molecule has 0 saturated carbocycles. The van der Waals surface area contributed by atoms with E-state index in [4.69, 9.17) is 33.2 Å². The maximum absolute atomic E-state index is 6.86. The summed E-state index contributed by atoms with van der Waals surface area (Å²) < 4.78 is 19.8. The van der Waals surface area contributed by atoms with Gasteiger partial charge in [0.2, 0.25) is 5.89 Å². The zero-order chi connectivity index (χ0) is 36.0. The molecule has 12 aromatic rings. The molecule has 0 aliphatic carbocycles. The van der Waals surface area contributed by atoms with Gasteiger partial charge in [-0.05, 0) is 57.9 Å². The van der Waals surface area contributed by atoms with Crippen LogP contribution in [0, 0.1) is 0 Å². The third-order valence-corrected chi connectivity index (χ3v) is 10.5. The summed E-state index contributed by atoms with van der Waals surface area (Å²) in [5.41, 5.74) is 7.27. The van der Waals surface area contributed by atoms with Crippen LogP contribution in [0.1, 0.15) is 0 Å². The first-order valence-electron chi connectivity index (χ1n) is 18.1. The Morgan fingerprint density at radius 3 is 1.64 bits per heavy atom. The lowest BCUT2D eigenvalue weighted by atomic mass is 10.0. The van der Waals surface area contributed by atoms with Crippen molar-refractivity contribution in [1.29, 1.82) is 0 Å². The van der Waals surface area contributed by atoms with Crippen molar-refractivity contribution in [3.05, 3.63) is 158 Å². The van der Waals surface area contributed by atoms with Crippen LogP contribution in [0.15, 0.2) is 171 Å². The maximum Gasteiger partial charge on any atom is 0.231 e. The zero-order valence-electron chi connectivity index (χ0n) is 29.0. The summed E-state index contributed by atoms with van der Waals surface area (Å²) in [6.45, 7) is 0. The van der Waals surface area contributed by atoms with E-state index in [0.29, 0.717) is 51.2 Å². The predicted molar refractivity (Wildman–Crippen MR) is 219 cm³/mol. The highest BCUT2D eigenvalue weighted by Crippen LogP contribution is 2.43. The van der Waals surface area contributed by atoms with Crippen LogP contribution < -0.4 is 0 Å². The lowest BCUT2D eigenvalue weighted by Gasteiger charge is -2.10. The number of hydrogen-bond acceptors (Lipinski definition) is 7. The average Bonchev–Trinajstić information content (AvgIpc) is 3.96. The molecule has 4 heterocycles. The van der Waals surface area contributed by atoms with Crippen LogP contribution in [0.4, 0.5) is 0 Å². The summed E-state index contributed by atoms with van der Waals surface area (Å²) in [5.74, 6) is 1.96. The molecule has 0 fully saturated rings. The summed E-state index contributed by atoms with van der Waals surface area (Å²) >= 11 is 0. The molecule has 7 nitrogen and oxygen atoms in total. The number of fused-ring (bicyclic) bond motifs is 10. The van der Waals surface area contributed by atoms with Crippen molar-refractivity contribution in [2.24, 2.45) is 0 Å². The monoisotopic (exact) mass is 706 g/mol. The first kappa shape index (κ1) is 29.9. The Hall–Kier alpha value is -7.64. The first-order valence-corrected chi connectivity index (χ1v) is 18.1. The van der Waals surface area contributed by atoms with Crippen LogP contribution in [-0.2, 0) is 0 Å². The van der Waals surface area contributed by atoms with Gasteiger partial charge >= 0.3 is 0 Å². The van der Waals surface area contributed by atoms with Crippen LogP contribution in [0.3, 0.4) is 0 Å². The lowest BCUT2D eigenvalue weighted by Crippen LogP contribution is -2.00. The number of para-hydroxylation sites is 3. The van der Waals surface area contributed by atoms with Gasteiger partial charge in [-0.25, -0.2) is 19.9 Å². The summed E-state index contributed by atoms with van der Waals surface area (Å²) in [7, 11) is 0. The highest BCUT2D eigenvalue weighted by atomic mass is 16.4. The van der Waals surface area contributed by atoms with Crippen LogP contribution in [0.25, 0.3) is 122 Å². The molecule has 0 radical (unpaired) electrons. The van der Waals surface area contributed by atoms with Gasteiger partial charge in [-0.3, -0.25) is 0 Å². The fourth-order valence-electron chi connectivity index (χ4n) is 7.89.